The number of rotatable bonds is 3. The van der Waals surface area contributed by atoms with Crippen molar-refractivity contribution in [2.75, 3.05) is 18.0 Å². The van der Waals surface area contributed by atoms with Crippen molar-refractivity contribution in [2.45, 2.75) is 63.1 Å². The van der Waals surface area contributed by atoms with Gasteiger partial charge in [-0.1, -0.05) is 12.8 Å². The summed E-state index contributed by atoms with van der Waals surface area (Å²) in [6.45, 7) is 1.80. The van der Waals surface area contributed by atoms with Gasteiger partial charge in [0.1, 0.15) is 0 Å². The number of hydrogen-bond acceptors (Lipinski definition) is 5. The van der Waals surface area contributed by atoms with Gasteiger partial charge < -0.3 is 15.5 Å². The molecule has 3 fully saturated rings. The van der Waals surface area contributed by atoms with Crippen LogP contribution in [0, 0.1) is 5.92 Å². The molecule has 2 N–H and O–H groups in total. The van der Waals surface area contributed by atoms with Gasteiger partial charge in [0.2, 0.25) is 11.9 Å². The average Bonchev–Trinajstić information content (AvgIpc) is 3.07. The van der Waals surface area contributed by atoms with Gasteiger partial charge in [-0.05, 0) is 44.1 Å². The fourth-order valence-corrected chi connectivity index (χ4v) is 4.50. The summed E-state index contributed by atoms with van der Waals surface area (Å²) in [5, 5.41) is 6.85. The van der Waals surface area contributed by atoms with E-state index in [1.165, 1.54) is 25.7 Å². The highest BCUT2D eigenvalue weighted by Crippen LogP contribution is 2.33. The van der Waals surface area contributed by atoms with Gasteiger partial charge in [0, 0.05) is 37.6 Å². The molecule has 6 nitrogen and oxygen atoms in total. The van der Waals surface area contributed by atoms with Crippen LogP contribution in [0.3, 0.4) is 0 Å². The Kier molecular flexibility index (Phi) is 6.12. The molecule has 2 saturated heterocycles. The van der Waals surface area contributed by atoms with Crippen molar-refractivity contribution in [2.24, 2.45) is 5.92 Å². The Bertz CT molecular complexity index is 550. The summed E-state index contributed by atoms with van der Waals surface area (Å²) < 4.78 is 0. The number of aromatic nitrogens is 2. The lowest BCUT2D eigenvalue weighted by Gasteiger charge is -2.32. The van der Waals surface area contributed by atoms with Crippen LogP contribution in [-0.2, 0) is 4.79 Å². The molecule has 138 valence electrons. The Morgan fingerprint density at radius 1 is 1.12 bits per heavy atom. The number of nitrogens with one attached hydrogen (secondary N) is 2. The molecule has 0 spiro atoms. The topological polar surface area (TPSA) is 70.2 Å². The van der Waals surface area contributed by atoms with Crippen LogP contribution in [0.25, 0.3) is 0 Å². The van der Waals surface area contributed by atoms with Crippen LogP contribution < -0.4 is 15.5 Å². The van der Waals surface area contributed by atoms with Gasteiger partial charge in [-0.3, -0.25) is 4.79 Å². The van der Waals surface area contributed by atoms with Crippen molar-refractivity contribution in [1.29, 1.82) is 0 Å². The smallest absolute Gasteiger partial charge is 0.237 e. The Morgan fingerprint density at radius 2 is 1.84 bits per heavy atom. The van der Waals surface area contributed by atoms with Crippen molar-refractivity contribution in [3.63, 3.8) is 0 Å². The minimum absolute atomic E-state index is 0. The van der Waals surface area contributed by atoms with E-state index in [9.17, 15) is 4.79 Å². The highest BCUT2D eigenvalue weighted by atomic mass is 35.5. The second-order valence-electron chi connectivity index (χ2n) is 7.42. The van der Waals surface area contributed by atoms with Crippen molar-refractivity contribution in [3.8, 4) is 0 Å². The molecule has 25 heavy (non-hydrogen) atoms. The molecule has 3 unspecified atom stereocenters. The predicted molar refractivity (Wildman–Crippen MR) is 99.9 cm³/mol. The quantitative estimate of drug-likeness (QED) is 0.856. The largest absolute Gasteiger partial charge is 0.352 e. The molecule has 7 heteroatoms. The maximum Gasteiger partial charge on any atom is 0.237 e. The lowest BCUT2D eigenvalue weighted by Crippen LogP contribution is -2.50. The third kappa shape index (κ3) is 4.23. The molecular weight excluding hydrogens is 338 g/mol. The summed E-state index contributed by atoms with van der Waals surface area (Å²) in [6, 6.07) is 2.71. The molecule has 1 amide bonds. The highest BCUT2D eigenvalue weighted by Gasteiger charge is 2.38. The van der Waals surface area contributed by atoms with Crippen LogP contribution in [-0.4, -0.2) is 47.1 Å². The fraction of sp³-hybridized carbons (Fsp3) is 0.722. The van der Waals surface area contributed by atoms with E-state index < -0.39 is 0 Å². The number of halogens is 1. The summed E-state index contributed by atoms with van der Waals surface area (Å²) in [5.41, 5.74) is 0. The summed E-state index contributed by atoms with van der Waals surface area (Å²) in [4.78, 5) is 23.4. The van der Waals surface area contributed by atoms with Gasteiger partial charge in [0.05, 0.1) is 6.04 Å². The SMILES string of the molecule is Cl.O=C(NC1CCN(c2ncccn2)CC1)C1CC2CCCCC2N1. The van der Waals surface area contributed by atoms with Crippen molar-refractivity contribution < 1.29 is 4.79 Å². The van der Waals surface area contributed by atoms with E-state index >= 15 is 0 Å². The number of piperidine rings is 1. The molecule has 1 aromatic heterocycles. The molecule has 1 saturated carbocycles. The third-order valence-electron chi connectivity index (χ3n) is 5.86. The number of amides is 1. The normalized spacial score (nSPS) is 29.6. The van der Waals surface area contributed by atoms with E-state index in [4.69, 9.17) is 0 Å². The maximum absolute atomic E-state index is 12.6. The van der Waals surface area contributed by atoms with Gasteiger partial charge in [0.25, 0.3) is 0 Å². The summed E-state index contributed by atoms with van der Waals surface area (Å²) in [5.74, 6) is 1.72. The van der Waals surface area contributed by atoms with Gasteiger partial charge in [-0.2, -0.15) is 0 Å². The van der Waals surface area contributed by atoms with Crippen LogP contribution in [0.2, 0.25) is 0 Å². The molecule has 0 aromatic carbocycles. The van der Waals surface area contributed by atoms with Gasteiger partial charge in [-0.25, -0.2) is 9.97 Å². The van der Waals surface area contributed by atoms with Crippen molar-refractivity contribution in [3.05, 3.63) is 18.5 Å². The minimum atomic E-state index is 0. The molecule has 4 rings (SSSR count). The molecule has 3 aliphatic rings. The second kappa shape index (κ2) is 8.32. The summed E-state index contributed by atoms with van der Waals surface area (Å²) >= 11 is 0. The number of anilines is 1. The first-order valence-corrected chi connectivity index (χ1v) is 9.38. The van der Waals surface area contributed by atoms with E-state index in [1.807, 2.05) is 6.07 Å². The summed E-state index contributed by atoms with van der Waals surface area (Å²) in [6.07, 6.45) is 11.7. The molecule has 1 aliphatic carbocycles. The zero-order valence-electron chi connectivity index (χ0n) is 14.6. The molecule has 2 aliphatic heterocycles. The maximum atomic E-state index is 12.6. The van der Waals surface area contributed by atoms with Crippen LogP contribution in [0.4, 0.5) is 5.95 Å². The molecule has 3 heterocycles. The zero-order chi connectivity index (χ0) is 16.4. The van der Waals surface area contributed by atoms with Crippen molar-refractivity contribution in [1.82, 2.24) is 20.6 Å². The number of carbonyl (C=O) groups excluding carboxylic acids is 1. The van der Waals surface area contributed by atoms with E-state index in [2.05, 4.69) is 25.5 Å². The van der Waals surface area contributed by atoms with E-state index in [-0.39, 0.29) is 30.4 Å². The molecule has 1 aromatic rings. The zero-order valence-corrected chi connectivity index (χ0v) is 15.4. The first kappa shape index (κ1) is 18.4. The van der Waals surface area contributed by atoms with E-state index in [0.29, 0.717) is 12.0 Å². The summed E-state index contributed by atoms with van der Waals surface area (Å²) in [7, 11) is 0. The first-order chi connectivity index (χ1) is 11.8. The van der Waals surface area contributed by atoms with Crippen LogP contribution >= 0.6 is 12.4 Å². The minimum Gasteiger partial charge on any atom is -0.352 e. The molecule has 3 atom stereocenters. The van der Waals surface area contributed by atoms with Crippen molar-refractivity contribution >= 4 is 24.3 Å². The lowest BCUT2D eigenvalue weighted by atomic mass is 9.85. The number of nitrogens with zero attached hydrogens (tertiary/aromatic N) is 3. The molecular formula is C18H28ClN5O. The average molecular weight is 366 g/mol. The van der Waals surface area contributed by atoms with Gasteiger partial charge in [-0.15, -0.1) is 12.4 Å². The first-order valence-electron chi connectivity index (χ1n) is 9.38. The van der Waals surface area contributed by atoms with Crippen LogP contribution in [0.15, 0.2) is 18.5 Å². The molecule has 0 radical (unpaired) electrons. The molecule has 0 bridgehead atoms. The fourth-order valence-electron chi connectivity index (χ4n) is 4.50. The van der Waals surface area contributed by atoms with Crippen LogP contribution in [0.5, 0.6) is 0 Å². The Morgan fingerprint density at radius 3 is 2.56 bits per heavy atom. The lowest BCUT2D eigenvalue weighted by molar-refractivity contribution is -0.123. The predicted octanol–water partition coefficient (Wildman–Crippen LogP) is 1.90. The number of carbonyl (C=O) groups is 1. The van der Waals surface area contributed by atoms with Crippen LogP contribution in [0.1, 0.15) is 44.9 Å². The van der Waals surface area contributed by atoms with E-state index in [0.717, 1.165) is 38.3 Å². The monoisotopic (exact) mass is 365 g/mol. The van der Waals surface area contributed by atoms with E-state index in [1.54, 1.807) is 12.4 Å². The Labute approximate surface area is 155 Å². The van der Waals surface area contributed by atoms with Gasteiger partial charge in [0.15, 0.2) is 0 Å². The standard InChI is InChI=1S/C18H27N5O.ClH/c24-17(16-12-13-4-1-2-5-15(13)22-16)21-14-6-10-23(11-7-14)18-19-8-3-9-20-18;/h3,8-9,13-16,22H,1-2,4-7,10-12H2,(H,21,24);1H. The number of fused-ring (bicyclic) bond motifs is 1. The Hall–Kier alpha value is -1.40. The second-order valence-corrected chi connectivity index (χ2v) is 7.42. The third-order valence-corrected chi connectivity index (χ3v) is 5.86. The number of hydrogen-bond donors (Lipinski definition) is 2. The van der Waals surface area contributed by atoms with Gasteiger partial charge >= 0.3 is 0 Å². The Balaban J connectivity index is 0.00000182. The highest BCUT2D eigenvalue weighted by molar-refractivity contribution is 5.85.